The number of nitrogen functional groups attached to an aromatic ring is 1. The Bertz CT molecular complexity index is 413. The molecule has 0 atom stereocenters. The zero-order valence-electron chi connectivity index (χ0n) is 7.51. The largest absolute Gasteiger partial charge is 0.399 e. The highest BCUT2D eigenvalue weighted by atomic mass is 15.0. The lowest BCUT2D eigenvalue weighted by Crippen LogP contribution is -1.94. The summed E-state index contributed by atoms with van der Waals surface area (Å²) in [6, 6.07) is 7.26. The number of nitrogens with two attached hydrogens (primary N) is 1. The van der Waals surface area contributed by atoms with E-state index in [-0.39, 0.29) is 0 Å². The van der Waals surface area contributed by atoms with Gasteiger partial charge in [0.05, 0.1) is 0 Å². The Labute approximate surface area is 81.8 Å². The first-order valence-corrected chi connectivity index (χ1v) is 4.23. The monoisotopic (exact) mass is 186 g/mol. The van der Waals surface area contributed by atoms with Crippen molar-refractivity contribution in [3.8, 4) is 0 Å². The van der Waals surface area contributed by atoms with Crippen LogP contribution in [0.2, 0.25) is 0 Å². The van der Waals surface area contributed by atoms with Gasteiger partial charge in [-0.15, -0.1) is 0 Å². The van der Waals surface area contributed by atoms with Crippen LogP contribution in [0.1, 0.15) is 0 Å². The second-order valence-electron chi connectivity index (χ2n) is 2.84. The van der Waals surface area contributed by atoms with Gasteiger partial charge in [-0.05, 0) is 18.2 Å². The Kier molecular flexibility index (Phi) is 2.27. The smallest absolute Gasteiger partial charge is 0.132 e. The lowest BCUT2D eigenvalue weighted by atomic mass is 10.3. The first-order valence-electron chi connectivity index (χ1n) is 4.23. The maximum atomic E-state index is 5.62. The zero-order valence-corrected chi connectivity index (χ0v) is 7.51. The molecule has 14 heavy (non-hydrogen) atoms. The van der Waals surface area contributed by atoms with Crippen molar-refractivity contribution in [2.45, 2.75) is 0 Å². The van der Waals surface area contributed by atoms with Gasteiger partial charge in [-0.3, -0.25) is 4.98 Å². The highest BCUT2D eigenvalue weighted by Crippen LogP contribution is 2.14. The summed E-state index contributed by atoms with van der Waals surface area (Å²) < 4.78 is 0. The van der Waals surface area contributed by atoms with E-state index in [2.05, 4.69) is 15.3 Å². The third-order valence-electron chi connectivity index (χ3n) is 1.74. The summed E-state index contributed by atoms with van der Waals surface area (Å²) in [5.41, 5.74) is 7.25. The van der Waals surface area contributed by atoms with Crippen molar-refractivity contribution in [1.82, 2.24) is 9.97 Å². The van der Waals surface area contributed by atoms with Crippen molar-refractivity contribution in [2.75, 3.05) is 11.1 Å². The summed E-state index contributed by atoms with van der Waals surface area (Å²) in [5, 5.41) is 3.11. The number of nitrogens with one attached hydrogen (secondary N) is 1. The van der Waals surface area contributed by atoms with E-state index < -0.39 is 0 Å². The minimum Gasteiger partial charge on any atom is -0.399 e. The van der Waals surface area contributed by atoms with Gasteiger partial charge in [-0.25, -0.2) is 4.98 Å². The summed E-state index contributed by atoms with van der Waals surface area (Å²) in [4.78, 5) is 8.04. The standard InChI is InChI=1S/C10H10N4/c11-8-1-6-13-10(7-8)14-9-2-4-12-5-3-9/h1-7H,(H3,11,12,13,14). The maximum absolute atomic E-state index is 5.62. The minimum absolute atomic E-state index is 0.691. The Morgan fingerprint density at radius 2 is 1.86 bits per heavy atom. The molecule has 0 radical (unpaired) electrons. The van der Waals surface area contributed by atoms with Gasteiger partial charge in [0.1, 0.15) is 5.82 Å². The minimum atomic E-state index is 0.691. The number of nitrogens with zero attached hydrogens (tertiary/aromatic N) is 2. The number of anilines is 3. The van der Waals surface area contributed by atoms with Crippen LogP contribution in [0.15, 0.2) is 42.9 Å². The average Bonchev–Trinajstić information content (AvgIpc) is 2.19. The molecular weight excluding hydrogens is 176 g/mol. The molecule has 2 aromatic rings. The van der Waals surface area contributed by atoms with E-state index in [1.54, 1.807) is 30.7 Å². The van der Waals surface area contributed by atoms with E-state index in [9.17, 15) is 0 Å². The Balaban J connectivity index is 2.19. The number of hydrogen-bond acceptors (Lipinski definition) is 4. The van der Waals surface area contributed by atoms with Crippen LogP contribution >= 0.6 is 0 Å². The third-order valence-corrected chi connectivity index (χ3v) is 1.74. The predicted octanol–water partition coefficient (Wildman–Crippen LogP) is 1.80. The summed E-state index contributed by atoms with van der Waals surface area (Å²) in [6.07, 6.45) is 5.10. The van der Waals surface area contributed by atoms with E-state index in [0.29, 0.717) is 5.69 Å². The average molecular weight is 186 g/mol. The van der Waals surface area contributed by atoms with Crippen LogP contribution in [0.4, 0.5) is 17.2 Å². The molecule has 0 bridgehead atoms. The van der Waals surface area contributed by atoms with Crippen molar-refractivity contribution in [3.05, 3.63) is 42.9 Å². The SMILES string of the molecule is Nc1ccnc(Nc2ccncc2)c1. The molecule has 0 aliphatic carbocycles. The highest BCUT2D eigenvalue weighted by molar-refractivity contribution is 5.58. The molecular formula is C10H10N4. The number of hydrogen-bond donors (Lipinski definition) is 2. The van der Waals surface area contributed by atoms with Crippen LogP contribution in [0.5, 0.6) is 0 Å². The van der Waals surface area contributed by atoms with E-state index in [4.69, 9.17) is 5.73 Å². The van der Waals surface area contributed by atoms with Crippen LogP contribution in [-0.4, -0.2) is 9.97 Å². The molecule has 0 fully saturated rings. The molecule has 2 aromatic heterocycles. The fraction of sp³-hybridized carbons (Fsp3) is 0. The fourth-order valence-electron chi connectivity index (χ4n) is 1.10. The van der Waals surface area contributed by atoms with Crippen molar-refractivity contribution in [1.29, 1.82) is 0 Å². The molecule has 4 nitrogen and oxygen atoms in total. The number of rotatable bonds is 2. The van der Waals surface area contributed by atoms with Gasteiger partial charge in [0.25, 0.3) is 0 Å². The maximum Gasteiger partial charge on any atom is 0.132 e. The summed E-state index contributed by atoms with van der Waals surface area (Å²) in [6.45, 7) is 0. The van der Waals surface area contributed by atoms with Gasteiger partial charge in [0, 0.05) is 36.0 Å². The first kappa shape index (κ1) is 8.50. The number of pyridine rings is 2. The van der Waals surface area contributed by atoms with Gasteiger partial charge < -0.3 is 11.1 Å². The predicted molar refractivity (Wildman–Crippen MR) is 56.2 cm³/mol. The Hall–Kier alpha value is -2.10. The van der Waals surface area contributed by atoms with Gasteiger partial charge >= 0.3 is 0 Å². The van der Waals surface area contributed by atoms with Crippen molar-refractivity contribution < 1.29 is 0 Å². The summed E-state index contributed by atoms with van der Waals surface area (Å²) >= 11 is 0. The van der Waals surface area contributed by atoms with Crippen molar-refractivity contribution in [2.24, 2.45) is 0 Å². The molecule has 0 aliphatic rings. The van der Waals surface area contributed by atoms with Crippen LogP contribution in [0, 0.1) is 0 Å². The van der Waals surface area contributed by atoms with Crippen LogP contribution in [0.25, 0.3) is 0 Å². The Morgan fingerprint density at radius 3 is 2.57 bits per heavy atom. The van der Waals surface area contributed by atoms with Crippen molar-refractivity contribution >= 4 is 17.2 Å². The molecule has 0 spiro atoms. The molecule has 70 valence electrons. The lowest BCUT2D eigenvalue weighted by Gasteiger charge is -2.04. The molecule has 4 heteroatoms. The lowest BCUT2D eigenvalue weighted by molar-refractivity contribution is 1.29. The molecule has 3 N–H and O–H groups in total. The molecule has 2 heterocycles. The Morgan fingerprint density at radius 1 is 1.07 bits per heavy atom. The first-order chi connectivity index (χ1) is 6.84. The van der Waals surface area contributed by atoms with Crippen molar-refractivity contribution in [3.63, 3.8) is 0 Å². The summed E-state index contributed by atoms with van der Waals surface area (Å²) in [7, 11) is 0. The van der Waals surface area contributed by atoms with Gasteiger partial charge in [0.15, 0.2) is 0 Å². The van der Waals surface area contributed by atoms with Crippen LogP contribution < -0.4 is 11.1 Å². The van der Waals surface area contributed by atoms with Gasteiger partial charge in [-0.1, -0.05) is 0 Å². The van der Waals surface area contributed by atoms with Gasteiger partial charge in [-0.2, -0.15) is 0 Å². The number of aromatic nitrogens is 2. The van der Waals surface area contributed by atoms with E-state index in [1.807, 2.05) is 12.1 Å². The third kappa shape index (κ3) is 1.98. The van der Waals surface area contributed by atoms with Crippen LogP contribution in [0.3, 0.4) is 0 Å². The second kappa shape index (κ2) is 3.74. The highest BCUT2D eigenvalue weighted by Gasteiger charge is 1.94. The topological polar surface area (TPSA) is 63.8 Å². The van der Waals surface area contributed by atoms with Crippen LogP contribution in [-0.2, 0) is 0 Å². The van der Waals surface area contributed by atoms with E-state index in [1.165, 1.54) is 0 Å². The fourth-order valence-corrected chi connectivity index (χ4v) is 1.10. The second-order valence-corrected chi connectivity index (χ2v) is 2.84. The molecule has 0 saturated carbocycles. The molecule has 0 unspecified atom stereocenters. The summed E-state index contributed by atoms with van der Waals surface area (Å²) in [5.74, 6) is 0.733. The molecule has 2 rings (SSSR count). The van der Waals surface area contributed by atoms with Gasteiger partial charge in [0.2, 0.25) is 0 Å². The molecule has 0 aromatic carbocycles. The van der Waals surface area contributed by atoms with E-state index >= 15 is 0 Å². The zero-order chi connectivity index (χ0) is 9.80. The molecule has 0 aliphatic heterocycles. The molecule has 0 saturated heterocycles. The van der Waals surface area contributed by atoms with E-state index in [0.717, 1.165) is 11.5 Å². The molecule has 0 amide bonds. The normalized spacial score (nSPS) is 9.71. The quantitative estimate of drug-likeness (QED) is 0.750.